The van der Waals surface area contributed by atoms with Crippen molar-refractivity contribution in [3.63, 3.8) is 0 Å². The summed E-state index contributed by atoms with van der Waals surface area (Å²) >= 11 is 0. The first-order valence-electron chi connectivity index (χ1n) is 7.83. The second kappa shape index (κ2) is 8.20. The summed E-state index contributed by atoms with van der Waals surface area (Å²) in [5.41, 5.74) is 1.60. The van der Waals surface area contributed by atoms with Gasteiger partial charge < -0.3 is 14.8 Å². The van der Waals surface area contributed by atoms with Crippen LogP contribution in [0.1, 0.15) is 5.56 Å². The van der Waals surface area contributed by atoms with Crippen molar-refractivity contribution in [1.82, 2.24) is 4.31 Å². The van der Waals surface area contributed by atoms with Gasteiger partial charge in [-0.3, -0.25) is 4.79 Å². The first-order valence-corrected chi connectivity index (χ1v) is 9.27. The third-order valence-electron chi connectivity index (χ3n) is 3.73. The van der Waals surface area contributed by atoms with Crippen molar-refractivity contribution in [2.75, 3.05) is 33.1 Å². The Morgan fingerprint density at radius 1 is 1.12 bits per heavy atom. The van der Waals surface area contributed by atoms with Crippen LogP contribution in [0.15, 0.2) is 47.4 Å². The molecule has 0 aliphatic carbocycles. The molecule has 2 aromatic carbocycles. The largest absolute Gasteiger partial charge is 0.497 e. The Kier molecular flexibility index (Phi) is 6.23. The molecule has 140 valence electrons. The summed E-state index contributed by atoms with van der Waals surface area (Å²) in [7, 11) is 0.217. The summed E-state index contributed by atoms with van der Waals surface area (Å²) < 4.78 is 36.8. The van der Waals surface area contributed by atoms with Crippen LogP contribution in [0.3, 0.4) is 0 Å². The van der Waals surface area contributed by atoms with Gasteiger partial charge in [0.05, 0.1) is 20.8 Å². The number of benzene rings is 2. The lowest BCUT2D eigenvalue weighted by Crippen LogP contribution is -2.35. The number of nitrogens with one attached hydrogen (secondary N) is 1. The Labute approximate surface area is 153 Å². The molecule has 1 amide bonds. The summed E-state index contributed by atoms with van der Waals surface area (Å²) in [6, 6.07) is 11.7. The highest BCUT2D eigenvalue weighted by Crippen LogP contribution is 2.30. The van der Waals surface area contributed by atoms with Gasteiger partial charge in [0.1, 0.15) is 16.4 Å². The highest BCUT2D eigenvalue weighted by Gasteiger charge is 2.27. The molecule has 2 rings (SSSR count). The van der Waals surface area contributed by atoms with Gasteiger partial charge in [0.15, 0.2) is 0 Å². The Morgan fingerprint density at radius 2 is 1.85 bits per heavy atom. The summed E-state index contributed by atoms with van der Waals surface area (Å²) in [6.45, 7) is 1.57. The Bertz CT molecular complexity index is 896. The molecule has 0 spiro atoms. The van der Waals surface area contributed by atoms with Gasteiger partial charge in [0.2, 0.25) is 15.9 Å². The van der Waals surface area contributed by atoms with Crippen LogP contribution in [0.2, 0.25) is 0 Å². The van der Waals surface area contributed by atoms with E-state index in [-0.39, 0.29) is 17.2 Å². The Morgan fingerprint density at radius 3 is 2.46 bits per heavy atom. The van der Waals surface area contributed by atoms with Crippen LogP contribution in [0, 0.1) is 6.92 Å². The molecule has 0 aromatic heterocycles. The van der Waals surface area contributed by atoms with Crippen molar-refractivity contribution < 1.29 is 22.7 Å². The number of amides is 1. The molecule has 0 bridgehead atoms. The van der Waals surface area contributed by atoms with Gasteiger partial charge in [-0.1, -0.05) is 12.1 Å². The van der Waals surface area contributed by atoms with E-state index < -0.39 is 15.9 Å². The van der Waals surface area contributed by atoms with Gasteiger partial charge in [-0.25, -0.2) is 8.42 Å². The van der Waals surface area contributed by atoms with Crippen molar-refractivity contribution in [3.8, 4) is 11.5 Å². The van der Waals surface area contributed by atoms with Crippen molar-refractivity contribution in [3.05, 3.63) is 48.0 Å². The number of hydrogen-bond donors (Lipinski definition) is 1. The SMILES string of the molecule is COc1ccc(OC)c(S(=O)(=O)N(C)CC(=O)Nc2cccc(C)c2)c1. The fourth-order valence-corrected chi connectivity index (χ4v) is 3.66. The van der Waals surface area contributed by atoms with E-state index in [0.29, 0.717) is 11.4 Å². The zero-order valence-corrected chi connectivity index (χ0v) is 16.0. The van der Waals surface area contributed by atoms with E-state index in [0.717, 1.165) is 9.87 Å². The van der Waals surface area contributed by atoms with Crippen LogP contribution >= 0.6 is 0 Å². The smallest absolute Gasteiger partial charge is 0.247 e. The molecule has 0 atom stereocenters. The molecular weight excluding hydrogens is 356 g/mol. The number of ether oxygens (including phenoxy) is 2. The number of aryl methyl sites for hydroxylation is 1. The third-order valence-corrected chi connectivity index (χ3v) is 5.55. The number of carbonyl (C=O) groups is 1. The minimum Gasteiger partial charge on any atom is -0.497 e. The first-order chi connectivity index (χ1) is 12.3. The monoisotopic (exact) mass is 378 g/mol. The number of nitrogens with zero attached hydrogens (tertiary/aromatic N) is 1. The molecular formula is C18H22N2O5S. The highest BCUT2D eigenvalue weighted by atomic mass is 32.2. The number of anilines is 1. The Balaban J connectivity index is 2.19. The lowest BCUT2D eigenvalue weighted by Gasteiger charge is -2.19. The van der Waals surface area contributed by atoms with Crippen LogP contribution in [-0.4, -0.2) is 46.4 Å². The molecule has 2 aromatic rings. The maximum absolute atomic E-state index is 12.8. The summed E-state index contributed by atoms with van der Waals surface area (Å²) in [4.78, 5) is 12.2. The molecule has 0 aliphatic rings. The molecule has 0 aliphatic heterocycles. The molecule has 0 saturated carbocycles. The van der Waals surface area contributed by atoms with E-state index in [1.807, 2.05) is 19.1 Å². The lowest BCUT2D eigenvalue weighted by atomic mass is 10.2. The van der Waals surface area contributed by atoms with Crippen molar-refractivity contribution in [2.24, 2.45) is 0 Å². The van der Waals surface area contributed by atoms with E-state index in [2.05, 4.69) is 5.32 Å². The fourth-order valence-electron chi connectivity index (χ4n) is 2.36. The quantitative estimate of drug-likeness (QED) is 0.799. The molecule has 0 fully saturated rings. The van der Waals surface area contributed by atoms with E-state index >= 15 is 0 Å². The topological polar surface area (TPSA) is 84.9 Å². The van der Waals surface area contributed by atoms with Gasteiger partial charge in [0.25, 0.3) is 0 Å². The maximum atomic E-state index is 12.8. The summed E-state index contributed by atoms with van der Waals surface area (Å²) in [5.74, 6) is 0.113. The minimum absolute atomic E-state index is 0.0646. The predicted molar refractivity (Wildman–Crippen MR) is 99.2 cm³/mol. The maximum Gasteiger partial charge on any atom is 0.247 e. The van der Waals surface area contributed by atoms with Gasteiger partial charge in [-0.2, -0.15) is 4.31 Å². The average molecular weight is 378 g/mol. The van der Waals surface area contributed by atoms with Gasteiger partial charge in [-0.05, 0) is 36.8 Å². The van der Waals surface area contributed by atoms with Crippen molar-refractivity contribution >= 4 is 21.6 Å². The molecule has 26 heavy (non-hydrogen) atoms. The molecule has 0 saturated heterocycles. The number of likely N-dealkylation sites (N-methyl/N-ethyl adjacent to an activating group) is 1. The zero-order chi connectivity index (χ0) is 19.3. The summed E-state index contributed by atoms with van der Waals surface area (Å²) in [5, 5.41) is 2.69. The predicted octanol–water partition coefficient (Wildman–Crippen LogP) is 2.27. The van der Waals surface area contributed by atoms with Gasteiger partial charge in [-0.15, -0.1) is 0 Å². The van der Waals surface area contributed by atoms with E-state index in [1.54, 1.807) is 18.2 Å². The van der Waals surface area contributed by atoms with Crippen molar-refractivity contribution in [1.29, 1.82) is 0 Å². The van der Waals surface area contributed by atoms with Crippen LogP contribution in [0.4, 0.5) is 5.69 Å². The van der Waals surface area contributed by atoms with Crippen LogP contribution in [-0.2, 0) is 14.8 Å². The number of carbonyl (C=O) groups excluding carboxylic acids is 1. The van der Waals surface area contributed by atoms with Crippen molar-refractivity contribution in [2.45, 2.75) is 11.8 Å². The fraction of sp³-hybridized carbons (Fsp3) is 0.278. The number of methoxy groups -OCH3 is 2. The Hall–Kier alpha value is -2.58. The molecule has 0 unspecified atom stereocenters. The van der Waals surface area contributed by atoms with Gasteiger partial charge >= 0.3 is 0 Å². The van der Waals surface area contributed by atoms with E-state index in [1.165, 1.54) is 33.4 Å². The molecule has 0 heterocycles. The van der Waals surface area contributed by atoms with E-state index in [9.17, 15) is 13.2 Å². The second-order valence-electron chi connectivity index (χ2n) is 5.70. The summed E-state index contributed by atoms with van der Waals surface area (Å²) in [6.07, 6.45) is 0. The van der Waals surface area contributed by atoms with Crippen LogP contribution in [0.5, 0.6) is 11.5 Å². The normalized spacial score (nSPS) is 11.3. The minimum atomic E-state index is -3.94. The van der Waals surface area contributed by atoms with Gasteiger partial charge in [0, 0.05) is 18.8 Å². The third kappa shape index (κ3) is 4.53. The standard InChI is InChI=1S/C18H22N2O5S/c1-13-6-5-7-14(10-13)19-18(21)12-20(2)26(22,23)17-11-15(24-3)8-9-16(17)25-4/h5-11H,12H2,1-4H3,(H,19,21). The van der Waals surface area contributed by atoms with Crippen LogP contribution < -0.4 is 14.8 Å². The number of hydrogen-bond acceptors (Lipinski definition) is 5. The van der Waals surface area contributed by atoms with Crippen LogP contribution in [0.25, 0.3) is 0 Å². The lowest BCUT2D eigenvalue weighted by molar-refractivity contribution is -0.116. The average Bonchev–Trinajstić information content (AvgIpc) is 2.60. The first kappa shape index (κ1) is 19.7. The highest BCUT2D eigenvalue weighted by molar-refractivity contribution is 7.89. The number of rotatable bonds is 7. The molecule has 1 N–H and O–H groups in total. The molecule has 7 nitrogen and oxygen atoms in total. The number of sulfonamides is 1. The zero-order valence-electron chi connectivity index (χ0n) is 15.1. The molecule has 0 radical (unpaired) electrons. The molecule has 8 heteroatoms. The van der Waals surface area contributed by atoms with E-state index in [4.69, 9.17) is 9.47 Å². The second-order valence-corrected chi connectivity index (χ2v) is 7.71.